The molecule has 0 spiro atoms. The van der Waals surface area contributed by atoms with Gasteiger partial charge in [0.2, 0.25) is 0 Å². The second-order valence-corrected chi connectivity index (χ2v) is 7.19. The third-order valence-electron chi connectivity index (χ3n) is 4.76. The molecule has 1 N–H and O–H groups in total. The van der Waals surface area contributed by atoms with E-state index in [9.17, 15) is 4.79 Å². The fourth-order valence-corrected chi connectivity index (χ4v) is 2.50. The van der Waals surface area contributed by atoms with Gasteiger partial charge in [-0.25, -0.2) is 5.43 Å². The minimum atomic E-state index is -0.431. The van der Waals surface area contributed by atoms with Crippen molar-refractivity contribution in [1.82, 2.24) is 10.4 Å². The third kappa shape index (κ3) is 3.84. The molecule has 1 aliphatic heterocycles. The smallest absolute Gasteiger partial charge is 0.399 e. The molecule has 3 rings (SSSR count). The largest absolute Gasteiger partial charge is 0.494 e. The van der Waals surface area contributed by atoms with Gasteiger partial charge in [-0.15, -0.1) is 0 Å². The number of hydrazone groups is 1. The summed E-state index contributed by atoms with van der Waals surface area (Å²) >= 11 is 0. The molecule has 2 aromatic rings. The van der Waals surface area contributed by atoms with Gasteiger partial charge < -0.3 is 9.31 Å². The highest BCUT2D eigenvalue weighted by Gasteiger charge is 2.51. The third-order valence-corrected chi connectivity index (χ3v) is 4.76. The van der Waals surface area contributed by atoms with Crippen molar-refractivity contribution in [3.05, 3.63) is 59.9 Å². The van der Waals surface area contributed by atoms with Gasteiger partial charge in [0.25, 0.3) is 5.91 Å². The summed E-state index contributed by atoms with van der Waals surface area (Å²) in [5, 5.41) is 4.02. The second kappa shape index (κ2) is 7.01. The highest BCUT2D eigenvalue weighted by molar-refractivity contribution is 6.62. The number of nitrogens with one attached hydrogen (secondary N) is 1. The Labute approximate surface area is 153 Å². The monoisotopic (exact) mass is 351 g/mol. The Morgan fingerprint density at radius 2 is 1.77 bits per heavy atom. The van der Waals surface area contributed by atoms with Crippen molar-refractivity contribution in [2.45, 2.75) is 38.9 Å². The van der Waals surface area contributed by atoms with E-state index in [0.29, 0.717) is 5.56 Å². The Hall–Kier alpha value is -2.51. The van der Waals surface area contributed by atoms with Crippen LogP contribution in [0.3, 0.4) is 0 Å². The van der Waals surface area contributed by atoms with Crippen LogP contribution in [0.2, 0.25) is 0 Å². The number of carbonyl (C=O) groups is 1. The maximum Gasteiger partial charge on any atom is 0.494 e. The standard InChI is InChI=1S/C19H22BN3O3/c1-18(2)19(3,4)26-20(25-18)16-7-5-6-14(12-16)13-22-23-17(24)15-8-10-21-11-9-15/h5-13H,1-4H3,(H,23,24)/b22-13+. The molecule has 1 saturated heterocycles. The Balaban J connectivity index is 1.68. The van der Waals surface area contributed by atoms with Gasteiger partial charge >= 0.3 is 7.12 Å². The summed E-state index contributed by atoms with van der Waals surface area (Å²) in [6.45, 7) is 8.08. The number of hydrogen-bond donors (Lipinski definition) is 1. The van der Waals surface area contributed by atoms with Crippen molar-refractivity contribution < 1.29 is 14.1 Å². The minimum absolute atomic E-state index is 0.286. The van der Waals surface area contributed by atoms with Crippen LogP contribution in [0.1, 0.15) is 43.6 Å². The van der Waals surface area contributed by atoms with E-state index in [1.807, 2.05) is 52.0 Å². The van der Waals surface area contributed by atoms with Gasteiger partial charge in [0.05, 0.1) is 17.4 Å². The molecule has 0 bridgehead atoms. The summed E-state index contributed by atoms with van der Waals surface area (Å²) in [5.74, 6) is -0.286. The molecule has 26 heavy (non-hydrogen) atoms. The molecule has 6 nitrogen and oxygen atoms in total. The highest BCUT2D eigenvalue weighted by atomic mass is 16.7. The van der Waals surface area contributed by atoms with Crippen LogP contribution in [0.15, 0.2) is 53.9 Å². The van der Waals surface area contributed by atoms with E-state index >= 15 is 0 Å². The Morgan fingerprint density at radius 3 is 2.42 bits per heavy atom. The van der Waals surface area contributed by atoms with E-state index in [2.05, 4.69) is 15.5 Å². The molecule has 1 aliphatic rings. The number of pyridine rings is 1. The molecule has 0 radical (unpaired) electrons. The van der Waals surface area contributed by atoms with Crippen LogP contribution in [0, 0.1) is 0 Å². The first kappa shape index (κ1) is 18.3. The molecule has 1 fully saturated rings. The summed E-state index contributed by atoms with van der Waals surface area (Å²) in [4.78, 5) is 15.8. The first-order valence-electron chi connectivity index (χ1n) is 8.47. The average Bonchev–Trinajstić information content (AvgIpc) is 2.84. The first-order chi connectivity index (χ1) is 12.3. The lowest BCUT2D eigenvalue weighted by molar-refractivity contribution is 0.00578. The zero-order chi connectivity index (χ0) is 18.8. The van der Waals surface area contributed by atoms with Crippen molar-refractivity contribution >= 4 is 24.7 Å². The maximum atomic E-state index is 12.0. The number of benzene rings is 1. The Morgan fingerprint density at radius 1 is 1.12 bits per heavy atom. The van der Waals surface area contributed by atoms with Crippen LogP contribution in [0.25, 0.3) is 0 Å². The van der Waals surface area contributed by atoms with Crippen molar-refractivity contribution in [2.24, 2.45) is 5.10 Å². The van der Waals surface area contributed by atoms with Crippen molar-refractivity contribution in [3.63, 3.8) is 0 Å². The van der Waals surface area contributed by atoms with E-state index in [0.717, 1.165) is 11.0 Å². The quantitative estimate of drug-likeness (QED) is 0.520. The van der Waals surface area contributed by atoms with E-state index in [-0.39, 0.29) is 17.1 Å². The van der Waals surface area contributed by atoms with Crippen LogP contribution in [-0.2, 0) is 9.31 Å². The topological polar surface area (TPSA) is 72.8 Å². The summed E-state index contributed by atoms with van der Waals surface area (Å²) in [6, 6.07) is 11.0. The van der Waals surface area contributed by atoms with Crippen molar-refractivity contribution in [2.75, 3.05) is 0 Å². The lowest BCUT2D eigenvalue weighted by Gasteiger charge is -2.32. The zero-order valence-electron chi connectivity index (χ0n) is 15.4. The number of carbonyl (C=O) groups excluding carboxylic acids is 1. The average molecular weight is 351 g/mol. The summed E-state index contributed by atoms with van der Waals surface area (Å²) in [6.07, 6.45) is 4.72. The van der Waals surface area contributed by atoms with Gasteiger partial charge in [-0.3, -0.25) is 9.78 Å². The molecular formula is C19H22BN3O3. The second-order valence-electron chi connectivity index (χ2n) is 7.19. The van der Waals surface area contributed by atoms with Gasteiger partial charge in [-0.1, -0.05) is 24.3 Å². The van der Waals surface area contributed by atoms with Crippen LogP contribution < -0.4 is 10.9 Å². The van der Waals surface area contributed by atoms with Crippen molar-refractivity contribution in [3.8, 4) is 0 Å². The molecule has 1 amide bonds. The lowest BCUT2D eigenvalue weighted by atomic mass is 9.78. The summed E-state index contributed by atoms with van der Waals surface area (Å²) < 4.78 is 12.1. The van der Waals surface area contributed by atoms with E-state index in [1.54, 1.807) is 30.7 Å². The number of amides is 1. The molecule has 1 aromatic carbocycles. The summed E-state index contributed by atoms with van der Waals surface area (Å²) in [5.41, 5.74) is 3.98. The van der Waals surface area contributed by atoms with Gasteiger partial charge in [-0.05, 0) is 50.9 Å². The predicted octanol–water partition coefficient (Wildman–Crippen LogP) is 2.14. The molecule has 134 valence electrons. The zero-order valence-corrected chi connectivity index (χ0v) is 15.4. The van der Waals surface area contributed by atoms with Gasteiger partial charge in [0.15, 0.2) is 0 Å². The molecule has 1 aromatic heterocycles. The van der Waals surface area contributed by atoms with E-state index in [4.69, 9.17) is 9.31 Å². The Kier molecular flexibility index (Phi) is 4.93. The Bertz CT molecular complexity index is 806. The van der Waals surface area contributed by atoms with Crippen molar-refractivity contribution in [1.29, 1.82) is 0 Å². The molecule has 0 aliphatic carbocycles. The number of hydrogen-bond acceptors (Lipinski definition) is 5. The number of rotatable bonds is 4. The van der Waals surface area contributed by atoms with Gasteiger partial charge in [0, 0.05) is 18.0 Å². The molecule has 7 heteroatoms. The van der Waals surface area contributed by atoms with E-state index in [1.165, 1.54) is 0 Å². The van der Waals surface area contributed by atoms with Gasteiger partial charge in [-0.2, -0.15) is 5.10 Å². The highest BCUT2D eigenvalue weighted by Crippen LogP contribution is 2.36. The molecule has 0 saturated carbocycles. The predicted molar refractivity (Wildman–Crippen MR) is 101 cm³/mol. The fraction of sp³-hybridized carbons (Fsp3) is 0.316. The molecule has 0 unspecified atom stereocenters. The van der Waals surface area contributed by atoms with E-state index < -0.39 is 7.12 Å². The molecule has 0 atom stereocenters. The van der Waals surface area contributed by atoms with Crippen LogP contribution >= 0.6 is 0 Å². The molecular weight excluding hydrogens is 329 g/mol. The van der Waals surface area contributed by atoms with Gasteiger partial charge in [0.1, 0.15) is 0 Å². The number of aromatic nitrogens is 1. The summed E-state index contributed by atoms with van der Waals surface area (Å²) in [7, 11) is -0.431. The first-order valence-corrected chi connectivity index (χ1v) is 8.47. The molecule has 2 heterocycles. The maximum absolute atomic E-state index is 12.0. The van der Waals surface area contributed by atoms with Crippen LogP contribution in [-0.4, -0.2) is 35.4 Å². The normalized spacial score (nSPS) is 18.2. The van der Waals surface area contributed by atoms with Crippen LogP contribution in [0.5, 0.6) is 0 Å². The fourth-order valence-electron chi connectivity index (χ4n) is 2.50. The minimum Gasteiger partial charge on any atom is -0.399 e. The lowest BCUT2D eigenvalue weighted by Crippen LogP contribution is -2.41. The van der Waals surface area contributed by atoms with Crippen LogP contribution in [0.4, 0.5) is 0 Å². The number of nitrogens with zero attached hydrogens (tertiary/aromatic N) is 2. The SMILES string of the molecule is CC1(C)OB(c2cccc(/C=N/NC(=O)c3ccncc3)c2)OC1(C)C.